The fourth-order valence-corrected chi connectivity index (χ4v) is 2.53. The van der Waals surface area contributed by atoms with Gasteiger partial charge in [-0.1, -0.05) is 41.9 Å². The molecule has 5 nitrogen and oxygen atoms in total. The van der Waals surface area contributed by atoms with Crippen LogP contribution in [0.15, 0.2) is 65.6 Å². The normalized spacial score (nSPS) is 10.5. The van der Waals surface area contributed by atoms with Crippen LogP contribution in [0.2, 0.25) is 0 Å². The van der Waals surface area contributed by atoms with E-state index in [0.717, 1.165) is 17.7 Å². The van der Waals surface area contributed by atoms with Crippen molar-refractivity contribution in [2.24, 2.45) is 0 Å². The van der Waals surface area contributed by atoms with E-state index in [-0.39, 0.29) is 28.9 Å². The summed E-state index contributed by atoms with van der Waals surface area (Å²) in [6.45, 7) is 0.233. The number of hydrogen-bond acceptors (Lipinski definition) is 3. The van der Waals surface area contributed by atoms with Gasteiger partial charge < -0.3 is 15.0 Å². The zero-order chi connectivity index (χ0) is 18.7. The van der Waals surface area contributed by atoms with Crippen LogP contribution in [-0.4, -0.2) is 23.5 Å². The van der Waals surface area contributed by atoms with Gasteiger partial charge in [0.25, 0.3) is 5.56 Å². The van der Waals surface area contributed by atoms with Crippen molar-refractivity contribution >= 4 is 30.7 Å². The van der Waals surface area contributed by atoms with Gasteiger partial charge >= 0.3 is 5.97 Å². The Hall–Kier alpha value is -3.35. The zero-order valence-electron chi connectivity index (χ0n) is 13.6. The number of hydrogen-bond donors (Lipinski definition) is 2. The number of anilines is 2. The van der Waals surface area contributed by atoms with Crippen LogP contribution in [0.1, 0.15) is 15.9 Å². The largest absolute Gasteiger partial charge is 0.478 e. The van der Waals surface area contributed by atoms with Crippen LogP contribution in [0.3, 0.4) is 0 Å². The smallest absolute Gasteiger partial charge is 0.339 e. The van der Waals surface area contributed by atoms with Gasteiger partial charge in [0, 0.05) is 12.3 Å². The molecule has 26 heavy (non-hydrogen) atoms. The lowest BCUT2D eigenvalue weighted by Crippen LogP contribution is -2.22. The summed E-state index contributed by atoms with van der Waals surface area (Å²) < 4.78 is 15.3. The van der Waals surface area contributed by atoms with Crippen molar-refractivity contribution in [3.05, 3.63) is 88.1 Å². The lowest BCUT2D eigenvalue weighted by atomic mass is 9.96. The number of nitrogens with one attached hydrogen (secondary N) is 1. The maximum absolute atomic E-state index is 14.0. The van der Waals surface area contributed by atoms with Gasteiger partial charge in [0.1, 0.15) is 13.7 Å². The number of pyridine rings is 1. The maximum atomic E-state index is 14.0. The first-order valence-electron chi connectivity index (χ1n) is 7.78. The van der Waals surface area contributed by atoms with Crippen LogP contribution < -0.4 is 16.3 Å². The molecule has 0 bridgehead atoms. The van der Waals surface area contributed by atoms with Crippen molar-refractivity contribution in [2.45, 2.75) is 6.54 Å². The molecule has 0 unspecified atom stereocenters. The Morgan fingerprint density at radius 3 is 2.50 bits per heavy atom. The molecule has 0 saturated carbocycles. The lowest BCUT2D eigenvalue weighted by molar-refractivity contribution is 0.0697. The lowest BCUT2D eigenvalue weighted by Gasteiger charge is -2.13. The number of carboxylic acid groups (broad SMARTS) is 1. The number of halogens is 1. The van der Waals surface area contributed by atoms with E-state index in [1.165, 1.54) is 22.9 Å². The topological polar surface area (TPSA) is 71.3 Å². The molecular weight excluding hydrogens is 334 g/mol. The zero-order valence-corrected chi connectivity index (χ0v) is 13.6. The number of nitrogens with zero attached hydrogens (tertiary/aromatic N) is 1. The number of aromatic nitrogens is 1. The van der Waals surface area contributed by atoms with Crippen LogP contribution in [-0.2, 0) is 6.54 Å². The molecule has 0 atom stereocenters. The predicted molar refractivity (Wildman–Crippen MR) is 98.3 cm³/mol. The second-order valence-electron chi connectivity index (χ2n) is 5.72. The number of benzene rings is 2. The molecule has 7 heteroatoms. The molecule has 0 amide bonds. The second-order valence-corrected chi connectivity index (χ2v) is 5.72. The molecule has 1 heterocycles. The summed E-state index contributed by atoms with van der Waals surface area (Å²) >= 11 is 0. The maximum Gasteiger partial charge on any atom is 0.339 e. The van der Waals surface area contributed by atoms with E-state index in [1.807, 2.05) is 30.3 Å². The van der Waals surface area contributed by atoms with E-state index in [4.69, 9.17) is 7.85 Å². The van der Waals surface area contributed by atoms with Gasteiger partial charge in [-0.2, -0.15) is 0 Å². The highest BCUT2D eigenvalue weighted by atomic mass is 19.1. The van der Waals surface area contributed by atoms with Crippen molar-refractivity contribution in [3.8, 4) is 0 Å². The highest BCUT2D eigenvalue weighted by Crippen LogP contribution is 2.21. The van der Waals surface area contributed by atoms with Gasteiger partial charge in [0.2, 0.25) is 0 Å². The Kier molecular flexibility index (Phi) is 4.88. The average Bonchev–Trinajstić information content (AvgIpc) is 2.60. The van der Waals surface area contributed by atoms with E-state index in [1.54, 1.807) is 0 Å². The fourth-order valence-electron chi connectivity index (χ4n) is 2.53. The summed E-state index contributed by atoms with van der Waals surface area (Å²) in [6, 6.07) is 14.3. The van der Waals surface area contributed by atoms with Gasteiger partial charge in [-0.3, -0.25) is 4.79 Å². The van der Waals surface area contributed by atoms with Crippen LogP contribution in [0.5, 0.6) is 0 Å². The number of rotatable bonds is 5. The van der Waals surface area contributed by atoms with Crippen molar-refractivity contribution in [3.63, 3.8) is 0 Å². The van der Waals surface area contributed by atoms with E-state index in [2.05, 4.69) is 5.32 Å². The molecule has 128 valence electrons. The van der Waals surface area contributed by atoms with Crippen molar-refractivity contribution in [2.75, 3.05) is 5.32 Å². The summed E-state index contributed by atoms with van der Waals surface area (Å²) in [4.78, 5) is 24.0. The van der Waals surface area contributed by atoms with Gasteiger partial charge in [-0.15, -0.1) is 0 Å². The summed E-state index contributed by atoms with van der Waals surface area (Å²) in [7, 11) is 5.50. The van der Waals surface area contributed by atoms with Gasteiger partial charge in [-0.05, 0) is 17.7 Å². The second kappa shape index (κ2) is 7.27. The van der Waals surface area contributed by atoms with Crippen molar-refractivity contribution < 1.29 is 14.3 Å². The third-order valence-electron chi connectivity index (χ3n) is 3.81. The highest BCUT2D eigenvalue weighted by molar-refractivity contribution is 6.32. The molecule has 0 saturated heterocycles. The van der Waals surface area contributed by atoms with Crippen LogP contribution in [0.4, 0.5) is 15.8 Å². The molecule has 2 aromatic carbocycles. The van der Waals surface area contributed by atoms with Crippen molar-refractivity contribution in [1.29, 1.82) is 0 Å². The van der Waals surface area contributed by atoms with Crippen molar-refractivity contribution in [1.82, 2.24) is 4.57 Å². The third kappa shape index (κ3) is 3.83. The highest BCUT2D eigenvalue weighted by Gasteiger charge is 2.15. The number of aromatic carboxylic acids is 1. The first-order valence-corrected chi connectivity index (χ1v) is 7.78. The molecule has 0 spiro atoms. The summed E-state index contributed by atoms with van der Waals surface area (Å²) in [5.74, 6) is -1.88. The quantitative estimate of drug-likeness (QED) is 0.694. The Balaban J connectivity index is 1.99. The fraction of sp³-hybridized carbons (Fsp3) is 0.0526. The van der Waals surface area contributed by atoms with E-state index in [9.17, 15) is 19.1 Å². The Bertz CT molecular complexity index is 1020. The average molecular weight is 348 g/mol. The summed E-state index contributed by atoms with van der Waals surface area (Å²) in [5.41, 5.74) is 0.590. The number of carboxylic acids is 1. The minimum Gasteiger partial charge on any atom is -0.478 e. The third-order valence-corrected chi connectivity index (χ3v) is 3.81. The van der Waals surface area contributed by atoms with Crippen LogP contribution in [0, 0.1) is 5.82 Å². The molecule has 3 rings (SSSR count). The monoisotopic (exact) mass is 348 g/mol. The minimum absolute atomic E-state index is 0.00971. The van der Waals surface area contributed by atoms with E-state index >= 15 is 0 Å². The molecular formula is C19H14BFN2O3. The SMILES string of the molecule is [B]c1ccc(Nc2cc(=O)n(Cc3ccccc3)cc2C(=O)O)c(F)c1. The van der Waals surface area contributed by atoms with Crippen LogP contribution >= 0.6 is 0 Å². The van der Waals surface area contributed by atoms with E-state index in [0.29, 0.717) is 0 Å². The molecule has 2 radical (unpaired) electrons. The minimum atomic E-state index is -1.23. The standard InChI is InChI=1S/C19H14BFN2O3/c20-13-6-7-16(15(21)8-13)22-17-9-18(24)23(11-14(17)19(25)26)10-12-4-2-1-3-5-12/h1-9,11,22H,10H2,(H,25,26). The van der Waals surface area contributed by atoms with E-state index < -0.39 is 17.3 Å². The first kappa shape index (κ1) is 17.5. The van der Waals surface area contributed by atoms with Gasteiger partial charge in [0.05, 0.1) is 23.5 Å². The molecule has 1 aromatic heterocycles. The van der Waals surface area contributed by atoms with Crippen LogP contribution in [0.25, 0.3) is 0 Å². The molecule has 0 aliphatic heterocycles. The molecule has 0 aliphatic carbocycles. The molecule has 2 N–H and O–H groups in total. The molecule has 3 aromatic rings. The Morgan fingerprint density at radius 1 is 1.12 bits per heavy atom. The Morgan fingerprint density at radius 2 is 1.85 bits per heavy atom. The number of carbonyl (C=O) groups is 1. The summed E-state index contributed by atoms with van der Waals surface area (Å²) in [5, 5.41) is 12.1. The summed E-state index contributed by atoms with van der Waals surface area (Å²) in [6.07, 6.45) is 1.25. The van der Waals surface area contributed by atoms with Gasteiger partial charge in [-0.25, -0.2) is 9.18 Å². The Labute approximate surface area is 150 Å². The first-order chi connectivity index (χ1) is 12.4. The van der Waals surface area contributed by atoms with Gasteiger partial charge in [0.15, 0.2) is 0 Å². The molecule has 0 aliphatic rings. The molecule has 0 fully saturated rings. The predicted octanol–water partition coefficient (Wildman–Crippen LogP) is 2.27.